The SMILES string of the molecule is COCc1ccccc1C(O)C1CCOC2(CCC2)C1. The Hall–Kier alpha value is -0.900. The van der Waals surface area contributed by atoms with Crippen LogP contribution in [0.4, 0.5) is 0 Å². The minimum atomic E-state index is -0.400. The second-order valence-corrected chi connectivity index (χ2v) is 6.21. The van der Waals surface area contributed by atoms with Crippen molar-refractivity contribution >= 4 is 0 Å². The van der Waals surface area contributed by atoms with E-state index < -0.39 is 6.10 Å². The number of methoxy groups -OCH3 is 1. The highest BCUT2D eigenvalue weighted by Gasteiger charge is 2.44. The number of benzene rings is 1. The van der Waals surface area contributed by atoms with Gasteiger partial charge in [-0.2, -0.15) is 0 Å². The van der Waals surface area contributed by atoms with Crippen LogP contribution in [0.1, 0.15) is 49.3 Å². The second kappa shape index (κ2) is 5.84. The summed E-state index contributed by atoms with van der Waals surface area (Å²) in [6, 6.07) is 8.07. The molecule has 3 heteroatoms. The quantitative estimate of drug-likeness (QED) is 0.917. The molecule has 1 spiro atoms. The highest BCUT2D eigenvalue weighted by molar-refractivity contribution is 5.29. The molecule has 1 N–H and O–H groups in total. The van der Waals surface area contributed by atoms with Crippen molar-refractivity contribution in [1.29, 1.82) is 0 Å². The first-order valence-corrected chi connectivity index (χ1v) is 7.63. The second-order valence-electron chi connectivity index (χ2n) is 6.21. The van der Waals surface area contributed by atoms with Crippen molar-refractivity contribution in [2.75, 3.05) is 13.7 Å². The Morgan fingerprint density at radius 1 is 1.40 bits per heavy atom. The lowest BCUT2D eigenvalue weighted by atomic mass is 9.70. The minimum Gasteiger partial charge on any atom is -0.388 e. The Morgan fingerprint density at radius 3 is 2.90 bits per heavy atom. The molecule has 0 aromatic heterocycles. The molecule has 2 fully saturated rings. The number of ether oxygens (including phenoxy) is 2. The van der Waals surface area contributed by atoms with Gasteiger partial charge in [-0.25, -0.2) is 0 Å². The normalized spacial score (nSPS) is 26.2. The maximum absolute atomic E-state index is 10.8. The average molecular weight is 276 g/mol. The van der Waals surface area contributed by atoms with Crippen LogP contribution in [0.5, 0.6) is 0 Å². The lowest BCUT2D eigenvalue weighted by molar-refractivity contribution is -0.157. The van der Waals surface area contributed by atoms with E-state index in [4.69, 9.17) is 9.47 Å². The third-order valence-corrected chi connectivity index (χ3v) is 4.92. The van der Waals surface area contributed by atoms with Gasteiger partial charge in [-0.05, 0) is 49.1 Å². The first-order valence-electron chi connectivity index (χ1n) is 7.63. The molecule has 2 unspecified atom stereocenters. The van der Waals surface area contributed by atoms with Gasteiger partial charge in [0.2, 0.25) is 0 Å². The first-order chi connectivity index (χ1) is 9.74. The molecule has 1 aliphatic heterocycles. The Balaban J connectivity index is 1.76. The maximum Gasteiger partial charge on any atom is 0.0823 e. The van der Waals surface area contributed by atoms with Gasteiger partial charge in [-0.15, -0.1) is 0 Å². The Morgan fingerprint density at radius 2 is 2.20 bits per heavy atom. The molecule has 1 saturated heterocycles. The number of hydrogen-bond donors (Lipinski definition) is 1. The van der Waals surface area contributed by atoms with Crippen LogP contribution in [-0.2, 0) is 16.1 Å². The molecule has 0 amide bonds. The van der Waals surface area contributed by atoms with E-state index in [1.165, 1.54) is 6.42 Å². The fraction of sp³-hybridized carbons (Fsp3) is 0.647. The molecule has 20 heavy (non-hydrogen) atoms. The van der Waals surface area contributed by atoms with Crippen LogP contribution < -0.4 is 0 Å². The van der Waals surface area contributed by atoms with Crippen LogP contribution in [-0.4, -0.2) is 24.4 Å². The highest BCUT2D eigenvalue weighted by Crippen LogP contribution is 2.47. The number of aliphatic hydroxyl groups is 1. The molecule has 110 valence electrons. The van der Waals surface area contributed by atoms with Gasteiger partial charge in [0.1, 0.15) is 0 Å². The summed E-state index contributed by atoms with van der Waals surface area (Å²) in [5.74, 6) is 0.307. The van der Waals surface area contributed by atoms with Crippen molar-refractivity contribution in [3.05, 3.63) is 35.4 Å². The number of aliphatic hydroxyl groups excluding tert-OH is 1. The summed E-state index contributed by atoms with van der Waals surface area (Å²) >= 11 is 0. The van der Waals surface area contributed by atoms with Crippen molar-refractivity contribution < 1.29 is 14.6 Å². The fourth-order valence-corrected chi connectivity index (χ4v) is 3.62. The molecule has 3 rings (SSSR count). The summed E-state index contributed by atoms with van der Waals surface area (Å²) < 4.78 is 11.2. The van der Waals surface area contributed by atoms with Crippen LogP contribution in [0.25, 0.3) is 0 Å². The number of hydrogen-bond acceptors (Lipinski definition) is 3. The molecule has 0 bridgehead atoms. The van der Waals surface area contributed by atoms with Crippen LogP contribution in [0.15, 0.2) is 24.3 Å². The third-order valence-electron chi connectivity index (χ3n) is 4.92. The van der Waals surface area contributed by atoms with E-state index in [1.807, 2.05) is 24.3 Å². The van der Waals surface area contributed by atoms with Crippen LogP contribution in [0, 0.1) is 5.92 Å². The van der Waals surface area contributed by atoms with Crippen molar-refractivity contribution in [2.45, 2.75) is 50.4 Å². The van der Waals surface area contributed by atoms with E-state index in [2.05, 4.69) is 0 Å². The van der Waals surface area contributed by atoms with Gasteiger partial charge in [-0.1, -0.05) is 24.3 Å². The van der Waals surface area contributed by atoms with Crippen molar-refractivity contribution in [3.8, 4) is 0 Å². The van der Waals surface area contributed by atoms with Crippen molar-refractivity contribution in [1.82, 2.24) is 0 Å². The molecule has 1 aromatic carbocycles. The van der Waals surface area contributed by atoms with Crippen molar-refractivity contribution in [3.63, 3.8) is 0 Å². The molecule has 2 aliphatic rings. The van der Waals surface area contributed by atoms with Crippen LogP contribution in [0.2, 0.25) is 0 Å². The van der Waals surface area contributed by atoms with Gasteiger partial charge >= 0.3 is 0 Å². The smallest absolute Gasteiger partial charge is 0.0823 e. The highest BCUT2D eigenvalue weighted by atomic mass is 16.5. The van der Waals surface area contributed by atoms with Crippen LogP contribution >= 0.6 is 0 Å². The molecular weight excluding hydrogens is 252 g/mol. The zero-order chi connectivity index (χ0) is 14.0. The Kier molecular flexibility index (Phi) is 4.11. The third kappa shape index (κ3) is 2.62. The van der Waals surface area contributed by atoms with E-state index in [0.717, 1.165) is 43.4 Å². The maximum atomic E-state index is 10.8. The summed E-state index contributed by atoms with van der Waals surface area (Å²) in [7, 11) is 1.70. The van der Waals surface area contributed by atoms with Gasteiger partial charge < -0.3 is 14.6 Å². The predicted molar refractivity (Wildman–Crippen MR) is 77.4 cm³/mol. The Labute approximate surface area is 120 Å². The molecule has 1 aromatic rings. The zero-order valence-electron chi connectivity index (χ0n) is 12.2. The average Bonchev–Trinajstić information content (AvgIpc) is 2.46. The van der Waals surface area contributed by atoms with E-state index >= 15 is 0 Å². The van der Waals surface area contributed by atoms with Gasteiger partial charge in [0, 0.05) is 13.7 Å². The molecule has 0 radical (unpaired) electrons. The van der Waals surface area contributed by atoms with E-state index in [0.29, 0.717) is 12.5 Å². The molecular formula is C17H24O3. The van der Waals surface area contributed by atoms with Gasteiger partial charge in [-0.3, -0.25) is 0 Å². The van der Waals surface area contributed by atoms with Gasteiger partial charge in [0.05, 0.1) is 18.3 Å². The number of rotatable bonds is 4. The van der Waals surface area contributed by atoms with E-state index in [-0.39, 0.29) is 5.60 Å². The monoisotopic (exact) mass is 276 g/mol. The first kappa shape index (κ1) is 14.1. The summed E-state index contributed by atoms with van der Waals surface area (Å²) in [4.78, 5) is 0. The lowest BCUT2D eigenvalue weighted by Gasteiger charge is -2.48. The molecule has 2 atom stereocenters. The summed E-state index contributed by atoms with van der Waals surface area (Å²) in [6.45, 7) is 1.34. The van der Waals surface area contributed by atoms with E-state index in [1.54, 1.807) is 7.11 Å². The standard InChI is InChI=1S/C17H24O3/c1-19-12-14-5-2-3-6-15(14)16(18)13-7-10-20-17(11-13)8-4-9-17/h2-3,5-6,13,16,18H,4,7-12H2,1H3. The molecule has 1 aliphatic carbocycles. The Bertz CT molecular complexity index is 453. The zero-order valence-corrected chi connectivity index (χ0v) is 12.2. The fourth-order valence-electron chi connectivity index (χ4n) is 3.62. The predicted octanol–water partition coefficient (Wildman–Crippen LogP) is 3.22. The topological polar surface area (TPSA) is 38.7 Å². The summed E-state index contributed by atoms with van der Waals surface area (Å²) in [5, 5.41) is 10.8. The summed E-state index contributed by atoms with van der Waals surface area (Å²) in [5.41, 5.74) is 2.20. The van der Waals surface area contributed by atoms with E-state index in [9.17, 15) is 5.11 Å². The lowest BCUT2D eigenvalue weighted by Crippen LogP contribution is -2.46. The minimum absolute atomic E-state index is 0.0834. The summed E-state index contributed by atoms with van der Waals surface area (Å²) in [6.07, 6.45) is 5.14. The van der Waals surface area contributed by atoms with Crippen LogP contribution in [0.3, 0.4) is 0 Å². The molecule has 1 saturated carbocycles. The molecule has 1 heterocycles. The van der Waals surface area contributed by atoms with Gasteiger partial charge in [0.25, 0.3) is 0 Å². The largest absolute Gasteiger partial charge is 0.388 e. The van der Waals surface area contributed by atoms with Crippen molar-refractivity contribution in [2.24, 2.45) is 5.92 Å². The molecule has 3 nitrogen and oxygen atoms in total. The van der Waals surface area contributed by atoms with Gasteiger partial charge in [0.15, 0.2) is 0 Å².